The first-order chi connectivity index (χ1) is 14.7. The van der Waals surface area contributed by atoms with Crippen LogP contribution in [0.1, 0.15) is 10.4 Å². The molecule has 5 rings (SSSR count). The lowest BCUT2D eigenvalue weighted by atomic mass is 9.98. The van der Waals surface area contributed by atoms with Crippen molar-refractivity contribution in [1.82, 2.24) is 9.97 Å². The van der Waals surface area contributed by atoms with E-state index in [0.717, 1.165) is 22.3 Å². The van der Waals surface area contributed by atoms with Crippen molar-refractivity contribution in [2.24, 2.45) is 5.92 Å². The van der Waals surface area contributed by atoms with E-state index < -0.39 is 0 Å². The molecule has 1 aliphatic heterocycles. The largest absolute Gasteiger partial charge is 0.457 e. The van der Waals surface area contributed by atoms with Crippen molar-refractivity contribution in [1.29, 1.82) is 0 Å². The highest BCUT2D eigenvalue weighted by Gasteiger charge is 2.31. The number of aromatic nitrogens is 2. The number of fused-ring (bicyclic) bond motifs is 1. The van der Waals surface area contributed by atoms with Crippen LogP contribution in [0.3, 0.4) is 0 Å². The molecular formula is C23H18FN3O2S. The zero-order valence-electron chi connectivity index (χ0n) is 15.9. The van der Waals surface area contributed by atoms with Crippen molar-refractivity contribution < 1.29 is 13.9 Å². The molecule has 1 N–H and O–H groups in total. The summed E-state index contributed by atoms with van der Waals surface area (Å²) in [6.07, 6.45) is 5.33. The van der Waals surface area contributed by atoms with E-state index in [-0.39, 0.29) is 17.5 Å². The maximum Gasteiger partial charge on any atom is 0.170 e. The molecule has 1 unspecified atom stereocenters. The van der Waals surface area contributed by atoms with Crippen molar-refractivity contribution in [3.63, 3.8) is 0 Å². The summed E-state index contributed by atoms with van der Waals surface area (Å²) >= 11 is 1.65. The Morgan fingerprint density at radius 2 is 2.00 bits per heavy atom. The molecule has 2 aromatic carbocycles. The molecule has 30 heavy (non-hydrogen) atoms. The van der Waals surface area contributed by atoms with Crippen molar-refractivity contribution in [2.45, 2.75) is 0 Å². The van der Waals surface area contributed by atoms with Gasteiger partial charge in [0.25, 0.3) is 0 Å². The minimum Gasteiger partial charge on any atom is -0.457 e. The van der Waals surface area contributed by atoms with Gasteiger partial charge in [0, 0.05) is 47.2 Å². The van der Waals surface area contributed by atoms with Gasteiger partial charge < -0.3 is 14.0 Å². The predicted molar refractivity (Wildman–Crippen MR) is 117 cm³/mol. The summed E-state index contributed by atoms with van der Waals surface area (Å²) in [5.41, 5.74) is 2.53. The number of hydrogen-bond acceptors (Lipinski definition) is 5. The number of anilines is 1. The normalized spacial score (nSPS) is 16.2. The van der Waals surface area contributed by atoms with E-state index in [0.29, 0.717) is 23.6 Å². The summed E-state index contributed by atoms with van der Waals surface area (Å²) in [6.45, 7) is 0.660. The molecule has 3 heterocycles. The van der Waals surface area contributed by atoms with E-state index in [4.69, 9.17) is 4.74 Å². The molecule has 1 fully saturated rings. The van der Waals surface area contributed by atoms with Gasteiger partial charge in [-0.25, -0.2) is 4.39 Å². The van der Waals surface area contributed by atoms with Crippen molar-refractivity contribution >= 4 is 34.3 Å². The van der Waals surface area contributed by atoms with Crippen molar-refractivity contribution in [3.05, 3.63) is 84.6 Å². The van der Waals surface area contributed by atoms with Crippen LogP contribution in [-0.2, 0) is 0 Å². The first-order valence-electron chi connectivity index (χ1n) is 9.56. The summed E-state index contributed by atoms with van der Waals surface area (Å²) in [6, 6.07) is 15.3. The monoisotopic (exact) mass is 419 g/mol. The summed E-state index contributed by atoms with van der Waals surface area (Å²) in [4.78, 5) is 20.5. The quantitative estimate of drug-likeness (QED) is 0.344. The number of pyridine rings is 1. The van der Waals surface area contributed by atoms with Gasteiger partial charge in [0.2, 0.25) is 0 Å². The van der Waals surface area contributed by atoms with Crippen LogP contribution in [0.25, 0.3) is 10.9 Å². The highest BCUT2D eigenvalue weighted by Crippen LogP contribution is 2.34. The molecule has 0 amide bonds. The number of benzene rings is 2. The van der Waals surface area contributed by atoms with E-state index in [1.54, 1.807) is 36.5 Å². The van der Waals surface area contributed by atoms with Crippen LogP contribution in [-0.4, -0.2) is 28.0 Å². The van der Waals surface area contributed by atoms with Gasteiger partial charge in [-0.15, -0.1) is 0 Å². The Hall–Kier alpha value is -3.32. The number of ketones is 1. The number of H-pyrrole nitrogens is 1. The van der Waals surface area contributed by atoms with E-state index in [9.17, 15) is 9.18 Å². The molecule has 1 aliphatic rings. The average molecular weight is 419 g/mol. The molecule has 150 valence electrons. The van der Waals surface area contributed by atoms with Gasteiger partial charge in [-0.05, 0) is 60.5 Å². The standard InChI is InChI=1S/C23H18FN3O2S/c24-16-3-5-18(6-4-16)29-19-7-8-20-21(12-26-22(20)10-19)23(28)15-13-27(30-14-15)17-2-1-9-25-11-17/h1-12,15,26H,13-14H2. The third kappa shape index (κ3) is 3.64. The van der Waals surface area contributed by atoms with E-state index in [2.05, 4.69) is 14.3 Å². The number of aromatic amines is 1. The Labute approximate surface area is 177 Å². The second-order valence-corrected chi connectivity index (χ2v) is 8.13. The number of rotatable bonds is 5. The van der Waals surface area contributed by atoms with Crippen LogP contribution in [0, 0.1) is 11.7 Å². The number of Topliss-reactive ketones (excluding diaryl/α,β-unsaturated/α-hetero) is 1. The van der Waals surface area contributed by atoms with E-state index >= 15 is 0 Å². The van der Waals surface area contributed by atoms with Gasteiger partial charge in [0.1, 0.15) is 17.3 Å². The molecule has 4 aromatic rings. The Morgan fingerprint density at radius 3 is 2.80 bits per heavy atom. The van der Waals surface area contributed by atoms with E-state index in [1.807, 2.05) is 36.5 Å². The Morgan fingerprint density at radius 1 is 1.17 bits per heavy atom. The van der Waals surface area contributed by atoms with Crippen LogP contribution in [0.15, 0.2) is 73.2 Å². The van der Waals surface area contributed by atoms with Gasteiger partial charge in [0.15, 0.2) is 5.78 Å². The van der Waals surface area contributed by atoms with Gasteiger partial charge >= 0.3 is 0 Å². The minimum atomic E-state index is -0.308. The fourth-order valence-corrected chi connectivity index (χ4v) is 4.72. The Bertz CT molecular complexity index is 1190. The lowest BCUT2D eigenvalue weighted by Crippen LogP contribution is -2.21. The smallest absolute Gasteiger partial charge is 0.170 e. The van der Waals surface area contributed by atoms with Crippen LogP contribution >= 0.6 is 11.9 Å². The number of carbonyl (C=O) groups excluding carboxylic acids is 1. The van der Waals surface area contributed by atoms with Gasteiger partial charge in [-0.3, -0.25) is 9.78 Å². The minimum absolute atomic E-state index is 0.0793. The van der Waals surface area contributed by atoms with Gasteiger partial charge in [-0.1, -0.05) is 0 Å². The third-order valence-electron chi connectivity index (χ3n) is 5.09. The molecule has 0 saturated carbocycles. The lowest BCUT2D eigenvalue weighted by molar-refractivity contribution is 0.0942. The summed E-state index contributed by atoms with van der Waals surface area (Å²) < 4.78 is 21.0. The maximum absolute atomic E-state index is 13.2. The van der Waals surface area contributed by atoms with Gasteiger partial charge in [0.05, 0.1) is 17.8 Å². The number of hydrogen-bond donors (Lipinski definition) is 1. The molecular weight excluding hydrogens is 401 g/mol. The number of nitrogens with zero attached hydrogens (tertiary/aromatic N) is 2. The maximum atomic E-state index is 13.2. The molecule has 0 bridgehead atoms. The van der Waals surface area contributed by atoms with Crippen molar-refractivity contribution in [3.8, 4) is 11.5 Å². The Balaban J connectivity index is 1.33. The molecule has 0 radical (unpaired) electrons. The summed E-state index contributed by atoms with van der Waals surface area (Å²) in [5.74, 6) is 1.66. The summed E-state index contributed by atoms with van der Waals surface area (Å²) in [5, 5.41) is 0.872. The van der Waals surface area contributed by atoms with Crippen molar-refractivity contribution in [2.75, 3.05) is 16.6 Å². The fourth-order valence-electron chi connectivity index (χ4n) is 3.56. The molecule has 7 heteroatoms. The highest BCUT2D eigenvalue weighted by atomic mass is 32.2. The fraction of sp³-hybridized carbons (Fsp3) is 0.130. The average Bonchev–Trinajstić information content (AvgIpc) is 3.43. The molecule has 0 aliphatic carbocycles. The lowest BCUT2D eigenvalue weighted by Gasteiger charge is -2.15. The van der Waals surface area contributed by atoms with Crippen LogP contribution < -0.4 is 9.04 Å². The predicted octanol–water partition coefficient (Wildman–Crippen LogP) is 5.46. The highest BCUT2D eigenvalue weighted by molar-refractivity contribution is 8.00. The van der Waals surface area contributed by atoms with Crippen LogP contribution in [0.5, 0.6) is 11.5 Å². The van der Waals surface area contributed by atoms with Gasteiger partial charge in [-0.2, -0.15) is 0 Å². The molecule has 0 spiro atoms. The molecule has 1 saturated heterocycles. The van der Waals surface area contributed by atoms with Crippen LogP contribution in [0.4, 0.5) is 10.1 Å². The van der Waals surface area contributed by atoms with Crippen LogP contribution in [0.2, 0.25) is 0 Å². The molecule has 1 atom stereocenters. The second-order valence-electron chi connectivity index (χ2n) is 7.09. The van der Waals surface area contributed by atoms with E-state index in [1.165, 1.54) is 12.1 Å². The Kier molecular flexibility index (Phi) is 4.88. The number of halogens is 1. The SMILES string of the molecule is O=C(c1c[nH]c2cc(Oc3ccc(F)cc3)ccc12)C1CSN(c2cccnc2)C1. The number of carbonyl (C=O) groups is 1. The topological polar surface area (TPSA) is 58.2 Å². The number of ether oxygens (including phenoxy) is 1. The molecule has 2 aromatic heterocycles. The second kappa shape index (κ2) is 7.84. The first-order valence-corrected chi connectivity index (χ1v) is 10.5. The third-order valence-corrected chi connectivity index (χ3v) is 6.31. The summed E-state index contributed by atoms with van der Waals surface area (Å²) in [7, 11) is 0. The first kappa shape index (κ1) is 18.7. The molecule has 5 nitrogen and oxygen atoms in total. The zero-order valence-corrected chi connectivity index (χ0v) is 16.7. The number of nitrogens with one attached hydrogen (secondary N) is 1. The zero-order chi connectivity index (χ0) is 20.5.